The van der Waals surface area contributed by atoms with E-state index in [2.05, 4.69) is 20.8 Å². The second kappa shape index (κ2) is 10.00. The number of anilines is 2. The molecular formula is C16H20N4O3S2. The van der Waals surface area contributed by atoms with Gasteiger partial charge in [0.1, 0.15) is 5.75 Å². The van der Waals surface area contributed by atoms with Crippen LogP contribution in [0.4, 0.5) is 10.8 Å². The highest BCUT2D eigenvalue weighted by Gasteiger charge is 2.11. The van der Waals surface area contributed by atoms with Crippen molar-refractivity contribution in [1.82, 2.24) is 10.2 Å². The summed E-state index contributed by atoms with van der Waals surface area (Å²) in [4.78, 5) is 23.7. The van der Waals surface area contributed by atoms with Crippen molar-refractivity contribution in [2.24, 2.45) is 0 Å². The Labute approximate surface area is 154 Å². The van der Waals surface area contributed by atoms with E-state index < -0.39 is 0 Å². The first-order chi connectivity index (χ1) is 12.1. The van der Waals surface area contributed by atoms with Gasteiger partial charge in [0.25, 0.3) is 0 Å². The van der Waals surface area contributed by atoms with E-state index in [0.29, 0.717) is 27.3 Å². The van der Waals surface area contributed by atoms with Crippen LogP contribution in [0, 0.1) is 0 Å². The summed E-state index contributed by atoms with van der Waals surface area (Å²) in [5.74, 6) is 0.562. The first kappa shape index (κ1) is 19.2. The lowest BCUT2D eigenvalue weighted by atomic mass is 10.2. The monoisotopic (exact) mass is 380 g/mol. The normalized spacial score (nSPS) is 10.3. The van der Waals surface area contributed by atoms with Gasteiger partial charge in [0.15, 0.2) is 4.34 Å². The zero-order chi connectivity index (χ0) is 18.1. The number of nitrogens with zero attached hydrogens (tertiary/aromatic N) is 2. The van der Waals surface area contributed by atoms with E-state index in [1.165, 1.54) is 23.1 Å². The van der Waals surface area contributed by atoms with Gasteiger partial charge in [-0.25, -0.2) is 0 Å². The fourth-order valence-corrected chi connectivity index (χ4v) is 3.47. The van der Waals surface area contributed by atoms with Gasteiger partial charge in [-0.15, -0.1) is 10.2 Å². The van der Waals surface area contributed by atoms with E-state index in [9.17, 15) is 9.59 Å². The summed E-state index contributed by atoms with van der Waals surface area (Å²) in [7, 11) is 1.55. The Bertz CT molecular complexity index is 721. The molecule has 0 saturated carbocycles. The van der Waals surface area contributed by atoms with Crippen LogP contribution in [0.1, 0.15) is 26.2 Å². The largest absolute Gasteiger partial charge is 0.495 e. The molecule has 0 radical (unpaired) electrons. The molecule has 0 bridgehead atoms. The summed E-state index contributed by atoms with van der Waals surface area (Å²) in [6.07, 6.45) is 2.28. The average Bonchev–Trinajstić information content (AvgIpc) is 3.06. The predicted molar refractivity (Wildman–Crippen MR) is 100 cm³/mol. The standard InChI is InChI=1S/C16H20N4O3S2/c1-3-4-9-13(21)18-15-19-20-16(25-15)24-10-14(22)17-11-7-5-6-8-12(11)23-2/h5-8H,3-4,9-10H2,1-2H3,(H,17,22)(H,18,19,21). The van der Waals surface area contributed by atoms with Crippen LogP contribution < -0.4 is 15.4 Å². The molecule has 0 aliphatic carbocycles. The van der Waals surface area contributed by atoms with Gasteiger partial charge in [0, 0.05) is 6.42 Å². The van der Waals surface area contributed by atoms with Crippen molar-refractivity contribution < 1.29 is 14.3 Å². The number of hydrogen-bond donors (Lipinski definition) is 2. The van der Waals surface area contributed by atoms with Crippen LogP contribution in [0.25, 0.3) is 0 Å². The van der Waals surface area contributed by atoms with Crippen molar-refractivity contribution in [3.63, 3.8) is 0 Å². The van der Waals surface area contributed by atoms with Crippen molar-refractivity contribution in [2.45, 2.75) is 30.5 Å². The fourth-order valence-electron chi connectivity index (χ4n) is 1.90. The Morgan fingerprint density at radius 1 is 1.20 bits per heavy atom. The third kappa shape index (κ3) is 6.35. The SMILES string of the molecule is CCCCC(=O)Nc1nnc(SCC(=O)Nc2ccccc2OC)s1. The quantitative estimate of drug-likeness (QED) is 0.511. The van der Waals surface area contributed by atoms with E-state index >= 15 is 0 Å². The molecule has 2 aromatic rings. The Balaban J connectivity index is 1.81. The maximum Gasteiger partial charge on any atom is 0.234 e. The topological polar surface area (TPSA) is 93.2 Å². The highest BCUT2D eigenvalue weighted by Crippen LogP contribution is 2.27. The van der Waals surface area contributed by atoms with Crippen LogP contribution in [0.3, 0.4) is 0 Å². The summed E-state index contributed by atoms with van der Waals surface area (Å²) < 4.78 is 5.82. The molecule has 0 atom stereocenters. The van der Waals surface area contributed by atoms with Crippen LogP contribution >= 0.6 is 23.1 Å². The van der Waals surface area contributed by atoms with Gasteiger partial charge in [0.2, 0.25) is 16.9 Å². The molecule has 0 saturated heterocycles. The highest BCUT2D eigenvalue weighted by atomic mass is 32.2. The summed E-state index contributed by atoms with van der Waals surface area (Å²) in [5, 5.41) is 13.9. The van der Waals surface area contributed by atoms with Crippen LogP contribution in [0.5, 0.6) is 5.75 Å². The van der Waals surface area contributed by atoms with Crippen molar-refractivity contribution in [3.8, 4) is 5.75 Å². The number of hydrogen-bond acceptors (Lipinski definition) is 7. The zero-order valence-electron chi connectivity index (χ0n) is 14.1. The van der Waals surface area contributed by atoms with Crippen molar-refractivity contribution >= 4 is 45.7 Å². The zero-order valence-corrected chi connectivity index (χ0v) is 15.7. The lowest BCUT2D eigenvalue weighted by Crippen LogP contribution is -2.14. The van der Waals surface area contributed by atoms with Crippen molar-refractivity contribution in [2.75, 3.05) is 23.5 Å². The van der Waals surface area contributed by atoms with Crippen LogP contribution in [0.15, 0.2) is 28.6 Å². The smallest absolute Gasteiger partial charge is 0.234 e. The Kier molecular flexibility index (Phi) is 7.68. The molecular weight excluding hydrogens is 360 g/mol. The summed E-state index contributed by atoms with van der Waals surface area (Å²) in [6, 6.07) is 7.21. The number of carbonyl (C=O) groups excluding carboxylic acids is 2. The second-order valence-corrected chi connectivity index (χ2v) is 7.26. The number of ether oxygens (including phenoxy) is 1. The van der Waals surface area contributed by atoms with Gasteiger partial charge in [-0.3, -0.25) is 9.59 Å². The third-order valence-electron chi connectivity index (χ3n) is 3.12. The van der Waals surface area contributed by atoms with Gasteiger partial charge in [-0.05, 0) is 18.6 Å². The highest BCUT2D eigenvalue weighted by molar-refractivity contribution is 8.01. The number of para-hydroxylation sites is 2. The molecule has 0 aliphatic rings. The van der Waals surface area contributed by atoms with Crippen molar-refractivity contribution in [3.05, 3.63) is 24.3 Å². The Morgan fingerprint density at radius 2 is 2.00 bits per heavy atom. The molecule has 0 fully saturated rings. The van der Waals surface area contributed by atoms with E-state index in [-0.39, 0.29) is 17.6 Å². The van der Waals surface area contributed by atoms with E-state index in [0.717, 1.165) is 12.8 Å². The molecule has 1 heterocycles. The maximum atomic E-state index is 12.1. The fraction of sp³-hybridized carbons (Fsp3) is 0.375. The van der Waals surface area contributed by atoms with Gasteiger partial charge in [-0.1, -0.05) is 48.6 Å². The van der Waals surface area contributed by atoms with Gasteiger partial charge in [-0.2, -0.15) is 0 Å². The number of unbranched alkanes of at least 4 members (excludes halogenated alkanes) is 1. The van der Waals surface area contributed by atoms with Crippen LogP contribution in [-0.4, -0.2) is 34.9 Å². The van der Waals surface area contributed by atoms with E-state index in [1.807, 2.05) is 19.1 Å². The number of benzene rings is 1. The molecule has 1 aromatic carbocycles. The van der Waals surface area contributed by atoms with Crippen molar-refractivity contribution in [1.29, 1.82) is 0 Å². The Hall–Kier alpha value is -2.13. The average molecular weight is 380 g/mol. The first-order valence-electron chi connectivity index (χ1n) is 7.81. The van der Waals surface area contributed by atoms with E-state index in [4.69, 9.17) is 4.74 Å². The lowest BCUT2D eigenvalue weighted by Gasteiger charge is -2.08. The van der Waals surface area contributed by atoms with Gasteiger partial charge < -0.3 is 15.4 Å². The molecule has 9 heteroatoms. The molecule has 2 rings (SSSR count). The van der Waals surface area contributed by atoms with Crippen LogP contribution in [0.2, 0.25) is 0 Å². The first-order valence-corrected chi connectivity index (χ1v) is 9.61. The second-order valence-electron chi connectivity index (χ2n) is 5.06. The minimum atomic E-state index is -0.168. The molecule has 134 valence electrons. The minimum absolute atomic E-state index is 0.0662. The Morgan fingerprint density at radius 3 is 2.76 bits per heavy atom. The number of nitrogens with one attached hydrogen (secondary N) is 2. The number of rotatable bonds is 9. The predicted octanol–water partition coefficient (Wildman–Crippen LogP) is 3.41. The van der Waals surface area contributed by atoms with Crippen LogP contribution in [-0.2, 0) is 9.59 Å². The molecule has 2 N–H and O–H groups in total. The van der Waals surface area contributed by atoms with Gasteiger partial charge >= 0.3 is 0 Å². The molecule has 25 heavy (non-hydrogen) atoms. The third-order valence-corrected chi connectivity index (χ3v) is 5.09. The molecule has 2 amide bonds. The summed E-state index contributed by atoms with van der Waals surface area (Å²) in [6.45, 7) is 2.03. The molecule has 0 unspecified atom stereocenters. The molecule has 0 aliphatic heterocycles. The van der Waals surface area contributed by atoms with Gasteiger partial charge in [0.05, 0.1) is 18.6 Å². The number of aromatic nitrogens is 2. The van der Waals surface area contributed by atoms with E-state index in [1.54, 1.807) is 19.2 Å². The molecule has 0 spiro atoms. The summed E-state index contributed by atoms with van der Waals surface area (Å²) >= 11 is 2.52. The number of thioether (sulfide) groups is 1. The minimum Gasteiger partial charge on any atom is -0.495 e. The molecule has 1 aromatic heterocycles. The number of amides is 2. The number of methoxy groups -OCH3 is 1. The maximum absolute atomic E-state index is 12.1. The lowest BCUT2D eigenvalue weighted by molar-refractivity contribution is -0.116. The summed E-state index contributed by atoms with van der Waals surface area (Å²) in [5.41, 5.74) is 0.622. The number of carbonyl (C=O) groups is 2. The molecule has 7 nitrogen and oxygen atoms in total.